The number of ether oxygens (including phenoxy) is 1. The number of hydrogen-bond acceptors (Lipinski definition) is 5. The van der Waals surface area contributed by atoms with Crippen LogP contribution in [-0.2, 0) is 37.3 Å². The zero-order valence-electron chi connectivity index (χ0n) is 21.0. The molecule has 0 aromatic heterocycles. The van der Waals surface area contributed by atoms with Crippen molar-refractivity contribution in [1.82, 2.24) is 14.9 Å². The first-order valence-electron chi connectivity index (χ1n) is 12.8. The third-order valence-electron chi connectivity index (χ3n) is 6.72. The van der Waals surface area contributed by atoms with Gasteiger partial charge in [0, 0.05) is 32.2 Å². The van der Waals surface area contributed by atoms with E-state index in [4.69, 9.17) is 4.74 Å². The van der Waals surface area contributed by atoms with Gasteiger partial charge in [0.25, 0.3) is 0 Å². The summed E-state index contributed by atoms with van der Waals surface area (Å²) in [7, 11) is -3.53. The number of benzene rings is 2. The minimum atomic E-state index is -3.53. The van der Waals surface area contributed by atoms with Gasteiger partial charge in [0.05, 0.1) is 11.0 Å². The minimum absolute atomic E-state index is 0.0105. The molecule has 2 aromatic carbocycles. The van der Waals surface area contributed by atoms with E-state index in [9.17, 15) is 22.4 Å². The van der Waals surface area contributed by atoms with Gasteiger partial charge in [0.15, 0.2) is 0 Å². The van der Waals surface area contributed by atoms with Crippen LogP contribution in [0.1, 0.15) is 50.2 Å². The quantitative estimate of drug-likeness (QED) is 0.438. The van der Waals surface area contributed by atoms with E-state index in [1.165, 1.54) is 17.0 Å². The Balaban J connectivity index is 1.39. The van der Waals surface area contributed by atoms with Crippen molar-refractivity contribution in [2.75, 3.05) is 13.2 Å². The summed E-state index contributed by atoms with van der Waals surface area (Å²) in [5.41, 5.74) is 1.53. The van der Waals surface area contributed by atoms with Gasteiger partial charge in [-0.15, -0.1) is 0 Å². The molecule has 1 aliphatic carbocycles. The van der Waals surface area contributed by atoms with Crippen molar-refractivity contribution in [2.24, 2.45) is 0 Å². The number of rotatable bonds is 12. The molecule has 0 spiro atoms. The van der Waals surface area contributed by atoms with Crippen molar-refractivity contribution in [3.05, 3.63) is 65.5 Å². The Morgan fingerprint density at radius 3 is 2.35 bits per heavy atom. The Kier molecular flexibility index (Phi) is 8.94. The van der Waals surface area contributed by atoms with Crippen molar-refractivity contribution < 1.29 is 27.1 Å². The zero-order chi connectivity index (χ0) is 26.4. The third-order valence-corrected chi connectivity index (χ3v) is 8.26. The largest absolute Gasteiger partial charge is 0.376 e. The van der Waals surface area contributed by atoms with Crippen LogP contribution in [0.4, 0.5) is 4.39 Å². The Morgan fingerprint density at radius 2 is 1.73 bits per heavy atom. The summed E-state index contributed by atoms with van der Waals surface area (Å²) in [6, 6.07) is 11.6. The zero-order valence-corrected chi connectivity index (χ0v) is 21.8. The molecule has 2 atom stereocenters. The van der Waals surface area contributed by atoms with Crippen molar-refractivity contribution in [3.8, 4) is 0 Å². The second-order valence-corrected chi connectivity index (χ2v) is 11.5. The Morgan fingerprint density at radius 1 is 1.05 bits per heavy atom. The molecule has 8 nitrogen and oxygen atoms in total. The summed E-state index contributed by atoms with van der Waals surface area (Å²) in [5, 5.41) is 2.89. The van der Waals surface area contributed by atoms with Crippen LogP contribution < -0.4 is 10.0 Å². The Bertz CT molecular complexity index is 1180. The fraction of sp³-hybridized carbons (Fsp3) is 0.481. The highest BCUT2D eigenvalue weighted by atomic mass is 32.2. The summed E-state index contributed by atoms with van der Waals surface area (Å²) in [4.78, 5) is 27.9. The molecule has 0 bridgehead atoms. The first kappa shape index (κ1) is 27.2. The predicted molar refractivity (Wildman–Crippen MR) is 137 cm³/mol. The molecule has 200 valence electrons. The standard InChI is InChI=1S/C27H34FN3O5S/c1-19(27(33)29-17-24-3-2-16-36-24)31(18-21-4-9-22(28)10-5-21)26(32)15-8-20-6-13-25(14-7-20)37(34,35)30-23-11-12-23/h4-7,9-10,13-14,19,23-24,30H,2-3,8,11-12,15-18H2,1H3,(H,29,33)/t19-,24+/m0/s1. The monoisotopic (exact) mass is 531 g/mol. The van der Waals surface area contributed by atoms with Crippen LogP contribution in [0.3, 0.4) is 0 Å². The van der Waals surface area contributed by atoms with Crippen LogP contribution in [-0.4, -0.2) is 56.5 Å². The molecule has 1 aliphatic heterocycles. The van der Waals surface area contributed by atoms with Crippen LogP contribution in [0.2, 0.25) is 0 Å². The van der Waals surface area contributed by atoms with Crippen molar-refractivity contribution in [2.45, 2.75) is 75.1 Å². The summed E-state index contributed by atoms with van der Waals surface area (Å²) in [6.45, 7) is 2.93. The molecule has 37 heavy (non-hydrogen) atoms. The van der Waals surface area contributed by atoms with E-state index in [2.05, 4.69) is 10.0 Å². The van der Waals surface area contributed by atoms with E-state index in [1.807, 2.05) is 0 Å². The molecule has 1 saturated carbocycles. The number of carbonyl (C=O) groups excluding carboxylic acids is 2. The van der Waals surface area contributed by atoms with Crippen molar-refractivity contribution in [3.63, 3.8) is 0 Å². The van der Waals surface area contributed by atoms with E-state index in [1.54, 1.807) is 43.3 Å². The van der Waals surface area contributed by atoms with E-state index >= 15 is 0 Å². The van der Waals surface area contributed by atoms with Gasteiger partial charge in [0.1, 0.15) is 11.9 Å². The van der Waals surface area contributed by atoms with E-state index < -0.39 is 16.1 Å². The van der Waals surface area contributed by atoms with E-state index in [0.717, 1.165) is 31.2 Å². The molecule has 2 N–H and O–H groups in total. The van der Waals surface area contributed by atoms with E-state index in [0.29, 0.717) is 25.1 Å². The second kappa shape index (κ2) is 12.1. The van der Waals surface area contributed by atoms with E-state index in [-0.39, 0.29) is 47.6 Å². The second-order valence-electron chi connectivity index (χ2n) is 9.74. The van der Waals surface area contributed by atoms with Crippen molar-refractivity contribution in [1.29, 1.82) is 0 Å². The SMILES string of the molecule is C[C@@H](C(=O)NC[C@H]1CCCO1)N(Cc1ccc(F)cc1)C(=O)CCc1ccc(S(=O)(=O)NC2CC2)cc1. The topological polar surface area (TPSA) is 105 Å². The minimum Gasteiger partial charge on any atom is -0.376 e. The molecule has 2 aromatic rings. The maximum Gasteiger partial charge on any atom is 0.242 e. The van der Waals surface area contributed by atoms with Crippen LogP contribution >= 0.6 is 0 Å². The lowest BCUT2D eigenvalue weighted by Crippen LogP contribution is -2.49. The molecule has 0 radical (unpaired) electrons. The van der Waals surface area contributed by atoms with Crippen LogP contribution in [0, 0.1) is 5.82 Å². The number of halogens is 1. The molecule has 2 amide bonds. The van der Waals surface area contributed by atoms with Gasteiger partial charge in [-0.1, -0.05) is 24.3 Å². The highest BCUT2D eigenvalue weighted by Gasteiger charge is 2.29. The summed E-state index contributed by atoms with van der Waals surface area (Å²) in [6.07, 6.45) is 4.09. The van der Waals surface area contributed by atoms with Gasteiger partial charge in [-0.25, -0.2) is 17.5 Å². The number of amides is 2. The Hall–Kier alpha value is -2.82. The lowest BCUT2D eigenvalue weighted by Gasteiger charge is -2.29. The van der Waals surface area contributed by atoms with Crippen LogP contribution in [0.15, 0.2) is 53.4 Å². The molecular formula is C27H34FN3O5S. The lowest BCUT2D eigenvalue weighted by atomic mass is 10.1. The van der Waals surface area contributed by atoms with Crippen LogP contribution in [0.25, 0.3) is 0 Å². The number of aryl methyl sites for hydroxylation is 1. The average Bonchev–Trinajstić information content (AvgIpc) is 3.53. The molecular weight excluding hydrogens is 497 g/mol. The number of nitrogens with zero attached hydrogens (tertiary/aromatic N) is 1. The molecule has 0 unspecified atom stereocenters. The molecule has 1 heterocycles. The number of sulfonamides is 1. The molecule has 10 heteroatoms. The number of carbonyl (C=O) groups is 2. The van der Waals surface area contributed by atoms with Gasteiger partial charge < -0.3 is 15.0 Å². The van der Waals surface area contributed by atoms with Gasteiger partial charge in [-0.2, -0.15) is 0 Å². The lowest BCUT2D eigenvalue weighted by molar-refractivity contribution is -0.140. The maximum atomic E-state index is 13.4. The highest BCUT2D eigenvalue weighted by molar-refractivity contribution is 7.89. The normalized spacial score (nSPS) is 18.4. The molecule has 2 aliphatic rings. The highest BCUT2D eigenvalue weighted by Crippen LogP contribution is 2.22. The average molecular weight is 532 g/mol. The van der Waals surface area contributed by atoms with Gasteiger partial charge >= 0.3 is 0 Å². The number of nitrogens with one attached hydrogen (secondary N) is 2. The summed E-state index contributed by atoms with van der Waals surface area (Å²) < 4.78 is 46.4. The number of hydrogen-bond donors (Lipinski definition) is 2. The fourth-order valence-electron chi connectivity index (χ4n) is 4.26. The molecule has 4 rings (SSSR count). The predicted octanol–water partition coefficient (Wildman–Crippen LogP) is 2.91. The van der Waals surface area contributed by atoms with Crippen LogP contribution in [0.5, 0.6) is 0 Å². The molecule has 2 fully saturated rings. The first-order valence-corrected chi connectivity index (χ1v) is 14.2. The summed E-state index contributed by atoms with van der Waals surface area (Å²) in [5.74, 6) is -0.873. The first-order chi connectivity index (χ1) is 17.7. The van der Waals surface area contributed by atoms with Crippen molar-refractivity contribution >= 4 is 21.8 Å². The smallest absolute Gasteiger partial charge is 0.242 e. The Labute approximate surface area is 217 Å². The van der Waals surface area contributed by atoms with Gasteiger partial charge in [0.2, 0.25) is 21.8 Å². The summed E-state index contributed by atoms with van der Waals surface area (Å²) >= 11 is 0. The fourth-order valence-corrected chi connectivity index (χ4v) is 5.56. The molecule has 1 saturated heterocycles. The van der Waals surface area contributed by atoms with Gasteiger partial charge in [-0.05, 0) is 74.4 Å². The maximum absolute atomic E-state index is 13.4. The van der Waals surface area contributed by atoms with Gasteiger partial charge in [-0.3, -0.25) is 9.59 Å². The third kappa shape index (κ3) is 7.83.